The number of alkyl carbamates (subject to hydrolysis) is 1. The first kappa shape index (κ1) is 24.5. The van der Waals surface area contributed by atoms with Gasteiger partial charge in [0.05, 0.1) is 0 Å². The number of amides is 2. The Kier molecular flexibility index (Phi) is 8.55. The van der Waals surface area contributed by atoms with Crippen LogP contribution >= 0.6 is 0 Å². The van der Waals surface area contributed by atoms with E-state index >= 15 is 0 Å². The van der Waals surface area contributed by atoms with Crippen LogP contribution in [0.3, 0.4) is 0 Å². The average molecular weight is 471 g/mol. The summed E-state index contributed by atoms with van der Waals surface area (Å²) < 4.78 is 6.09. The zero-order chi connectivity index (χ0) is 24.3. The van der Waals surface area contributed by atoms with Gasteiger partial charge in [0.2, 0.25) is 5.91 Å². The highest BCUT2D eigenvalue weighted by atomic mass is 16.6. The van der Waals surface area contributed by atoms with E-state index in [1.54, 1.807) is 0 Å². The molecule has 5 nitrogen and oxygen atoms in total. The zero-order valence-corrected chi connectivity index (χ0v) is 20.2. The third kappa shape index (κ3) is 6.95. The summed E-state index contributed by atoms with van der Waals surface area (Å²) in [6, 6.07) is 30.3. The molecule has 0 spiro atoms. The summed E-state index contributed by atoms with van der Waals surface area (Å²) in [4.78, 5) is 27.5. The minimum atomic E-state index is -0.721. The second kappa shape index (κ2) is 12.2. The summed E-state index contributed by atoms with van der Waals surface area (Å²) in [5.74, 6) is 0.154. The Hall–Kier alpha value is -3.60. The molecule has 1 aliphatic rings. The van der Waals surface area contributed by atoms with E-state index in [1.807, 2.05) is 71.6 Å². The van der Waals surface area contributed by atoms with Gasteiger partial charge in [0.15, 0.2) is 0 Å². The standard InChI is InChI=1S/C30H34N2O3/c33-28(19-18-26-13-6-2-7-14-26)32-23-20-30(21-24-32,27-16-8-3-9-17-27)35-29(34)31-22-10-15-25-11-4-1-5-12-25/h1-9,11-14,16-17H,10,15,18-24H2,(H,31,34). The third-order valence-corrected chi connectivity index (χ3v) is 6.74. The number of likely N-dealkylation sites (tertiary alicyclic amines) is 1. The number of benzene rings is 3. The van der Waals surface area contributed by atoms with Crippen molar-refractivity contribution in [2.75, 3.05) is 19.6 Å². The van der Waals surface area contributed by atoms with Crippen LogP contribution in [0.5, 0.6) is 0 Å². The lowest BCUT2D eigenvalue weighted by atomic mass is 9.84. The molecule has 1 saturated heterocycles. The van der Waals surface area contributed by atoms with Gasteiger partial charge in [-0.2, -0.15) is 0 Å². The highest BCUT2D eigenvalue weighted by molar-refractivity contribution is 5.76. The van der Waals surface area contributed by atoms with Gasteiger partial charge in [-0.1, -0.05) is 91.0 Å². The van der Waals surface area contributed by atoms with E-state index in [0.717, 1.165) is 24.8 Å². The number of hydrogen-bond donors (Lipinski definition) is 1. The highest BCUT2D eigenvalue weighted by Gasteiger charge is 2.40. The van der Waals surface area contributed by atoms with Gasteiger partial charge in [-0.3, -0.25) is 4.79 Å². The van der Waals surface area contributed by atoms with Crippen molar-refractivity contribution in [2.45, 2.75) is 44.1 Å². The van der Waals surface area contributed by atoms with Crippen LogP contribution in [-0.4, -0.2) is 36.5 Å². The molecule has 0 bridgehead atoms. The summed E-state index contributed by atoms with van der Waals surface area (Å²) >= 11 is 0. The number of carbonyl (C=O) groups excluding carboxylic acids is 2. The van der Waals surface area contributed by atoms with E-state index in [0.29, 0.717) is 38.9 Å². The van der Waals surface area contributed by atoms with Gasteiger partial charge in [0.1, 0.15) is 5.60 Å². The van der Waals surface area contributed by atoms with E-state index in [9.17, 15) is 9.59 Å². The van der Waals surface area contributed by atoms with Crippen LogP contribution in [-0.2, 0) is 28.0 Å². The molecule has 0 atom stereocenters. The Bertz CT molecular complexity index is 1060. The van der Waals surface area contributed by atoms with Gasteiger partial charge in [-0.25, -0.2) is 4.79 Å². The van der Waals surface area contributed by atoms with Crippen molar-refractivity contribution in [3.63, 3.8) is 0 Å². The minimum Gasteiger partial charge on any atom is -0.438 e. The van der Waals surface area contributed by atoms with Crippen LogP contribution < -0.4 is 5.32 Å². The van der Waals surface area contributed by atoms with Gasteiger partial charge in [0, 0.05) is 38.9 Å². The van der Waals surface area contributed by atoms with Gasteiger partial charge < -0.3 is 15.0 Å². The van der Waals surface area contributed by atoms with Crippen molar-refractivity contribution in [1.29, 1.82) is 0 Å². The number of carbonyl (C=O) groups is 2. The summed E-state index contributed by atoms with van der Waals surface area (Å²) in [5, 5.41) is 2.93. The summed E-state index contributed by atoms with van der Waals surface area (Å²) in [6.45, 7) is 1.70. The predicted octanol–water partition coefficient (Wildman–Crippen LogP) is 5.50. The van der Waals surface area contributed by atoms with Crippen molar-refractivity contribution < 1.29 is 14.3 Å². The fourth-order valence-corrected chi connectivity index (χ4v) is 4.70. The molecular weight excluding hydrogens is 436 g/mol. The number of nitrogens with zero attached hydrogens (tertiary/aromatic N) is 1. The molecule has 0 radical (unpaired) electrons. The van der Waals surface area contributed by atoms with E-state index in [1.165, 1.54) is 11.1 Å². The Morgan fingerprint density at radius 2 is 1.31 bits per heavy atom. The molecule has 0 saturated carbocycles. The average Bonchev–Trinajstić information content (AvgIpc) is 2.92. The summed E-state index contributed by atoms with van der Waals surface area (Å²) in [7, 11) is 0. The molecule has 1 aliphatic heterocycles. The number of aryl methyl sites for hydroxylation is 2. The summed E-state index contributed by atoms with van der Waals surface area (Å²) in [5.41, 5.74) is 2.69. The van der Waals surface area contributed by atoms with Crippen molar-refractivity contribution in [3.05, 3.63) is 108 Å². The number of hydrogen-bond acceptors (Lipinski definition) is 3. The van der Waals surface area contributed by atoms with Crippen LogP contribution in [0.15, 0.2) is 91.0 Å². The number of piperidine rings is 1. The molecule has 0 unspecified atom stereocenters. The predicted molar refractivity (Wildman–Crippen MR) is 138 cm³/mol. The molecular formula is C30H34N2O3. The highest BCUT2D eigenvalue weighted by Crippen LogP contribution is 2.37. The van der Waals surface area contributed by atoms with Crippen molar-refractivity contribution in [2.24, 2.45) is 0 Å². The smallest absolute Gasteiger partial charge is 0.408 e. The molecule has 1 heterocycles. The monoisotopic (exact) mass is 470 g/mol. The minimum absolute atomic E-state index is 0.154. The van der Waals surface area contributed by atoms with Crippen molar-refractivity contribution in [3.8, 4) is 0 Å². The van der Waals surface area contributed by atoms with Crippen LogP contribution in [0, 0.1) is 0 Å². The van der Waals surface area contributed by atoms with E-state index in [2.05, 4.69) is 29.6 Å². The van der Waals surface area contributed by atoms with E-state index in [-0.39, 0.29) is 5.91 Å². The number of ether oxygens (including phenoxy) is 1. The van der Waals surface area contributed by atoms with Gasteiger partial charge in [-0.15, -0.1) is 0 Å². The van der Waals surface area contributed by atoms with E-state index < -0.39 is 11.7 Å². The number of rotatable bonds is 9. The normalized spacial score (nSPS) is 14.8. The molecule has 3 aromatic carbocycles. The van der Waals surface area contributed by atoms with Gasteiger partial charge in [0.25, 0.3) is 0 Å². The fraction of sp³-hybridized carbons (Fsp3) is 0.333. The third-order valence-electron chi connectivity index (χ3n) is 6.74. The molecule has 2 amide bonds. The van der Waals surface area contributed by atoms with Crippen LogP contribution in [0.25, 0.3) is 0 Å². The quantitative estimate of drug-likeness (QED) is 0.420. The van der Waals surface area contributed by atoms with Crippen LogP contribution in [0.1, 0.15) is 42.4 Å². The lowest BCUT2D eigenvalue weighted by Gasteiger charge is -2.41. The zero-order valence-electron chi connectivity index (χ0n) is 20.2. The molecule has 182 valence electrons. The molecule has 4 rings (SSSR count). The van der Waals surface area contributed by atoms with Crippen molar-refractivity contribution in [1.82, 2.24) is 10.2 Å². The Morgan fingerprint density at radius 1 is 0.771 bits per heavy atom. The lowest BCUT2D eigenvalue weighted by Crippen LogP contribution is -2.48. The Balaban J connectivity index is 1.31. The second-order valence-corrected chi connectivity index (χ2v) is 9.13. The molecule has 0 aromatic heterocycles. The second-order valence-electron chi connectivity index (χ2n) is 9.13. The molecule has 5 heteroatoms. The maximum atomic E-state index is 12.8. The van der Waals surface area contributed by atoms with E-state index in [4.69, 9.17) is 4.74 Å². The Labute approximate surface area is 208 Å². The molecule has 1 N–H and O–H groups in total. The van der Waals surface area contributed by atoms with Gasteiger partial charge in [-0.05, 0) is 36.0 Å². The Morgan fingerprint density at radius 3 is 1.91 bits per heavy atom. The topological polar surface area (TPSA) is 58.6 Å². The lowest BCUT2D eigenvalue weighted by molar-refractivity contribution is -0.135. The molecule has 1 fully saturated rings. The van der Waals surface area contributed by atoms with Crippen LogP contribution in [0.2, 0.25) is 0 Å². The maximum Gasteiger partial charge on any atom is 0.408 e. The molecule has 0 aliphatic carbocycles. The first-order valence-electron chi connectivity index (χ1n) is 12.5. The maximum absolute atomic E-state index is 12.8. The van der Waals surface area contributed by atoms with Crippen molar-refractivity contribution >= 4 is 12.0 Å². The molecule has 3 aromatic rings. The number of nitrogens with one attached hydrogen (secondary N) is 1. The van der Waals surface area contributed by atoms with Gasteiger partial charge >= 0.3 is 6.09 Å². The largest absolute Gasteiger partial charge is 0.438 e. The molecule has 35 heavy (non-hydrogen) atoms. The fourth-order valence-electron chi connectivity index (χ4n) is 4.70. The first-order valence-corrected chi connectivity index (χ1v) is 12.5. The summed E-state index contributed by atoms with van der Waals surface area (Å²) in [6.07, 6.45) is 3.77. The van der Waals surface area contributed by atoms with Crippen LogP contribution in [0.4, 0.5) is 4.79 Å². The SMILES string of the molecule is O=C(NCCCc1ccccc1)OC1(c2ccccc2)CCN(C(=O)CCc2ccccc2)CC1. The first-order chi connectivity index (χ1) is 17.1.